The first-order chi connectivity index (χ1) is 9.47. The van der Waals surface area contributed by atoms with E-state index in [1.807, 2.05) is 0 Å². The maximum Gasteiger partial charge on any atom is 0.287 e. The Bertz CT molecular complexity index is 566. The van der Waals surface area contributed by atoms with E-state index in [2.05, 4.69) is 10.6 Å². The molecule has 1 aliphatic heterocycles. The number of benzene rings is 1. The molecule has 0 saturated carbocycles. The summed E-state index contributed by atoms with van der Waals surface area (Å²) in [7, 11) is 0. The minimum atomic E-state index is -0.610. The van der Waals surface area contributed by atoms with Crippen molar-refractivity contribution in [1.82, 2.24) is 10.6 Å². The Morgan fingerprint density at radius 1 is 1.50 bits per heavy atom. The molecule has 0 aromatic heterocycles. The first-order valence-corrected chi connectivity index (χ1v) is 6.36. The molecule has 2 rings (SSSR count). The molecular weight excluding hydrogens is 286 g/mol. The summed E-state index contributed by atoms with van der Waals surface area (Å²) in [6, 6.07) is 3.66. The van der Waals surface area contributed by atoms with Gasteiger partial charge in [0.25, 0.3) is 11.6 Å². The summed E-state index contributed by atoms with van der Waals surface area (Å²) in [5.74, 6) is -0.406. The van der Waals surface area contributed by atoms with Gasteiger partial charge in [0.15, 0.2) is 0 Å². The van der Waals surface area contributed by atoms with E-state index in [1.165, 1.54) is 18.2 Å². The van der Waals surface area contributed by atoms with Gasteiger partial charge in [-0.3, -0.25) is 19.7 Å². The zero-order chi connectivity index (χ0) is 14.7. The normalized spacial score (nSPS) is 18.2. The summed E-state index contributed by atoms with van der Waals surface area (Å²) in [5.41, 5.74) is 0.00523. The Morgan fingerprint density at radius 2 is 2.25 bits per heavy atom. The molecule has 1 heterocycles. The second-order valence-corrected chi connectivity index (χ2v) is 4.84. The van der Waals surface area contributed by atoms with Crippen molar-refractivity contribution in [1.29, 1.82) is 0 Å². The number of hydrogen-bond acceptors (Lipinski definition) is 4. The van der Waals surface area contributed by atoms with E-state index in [0.29, 0.717) is 19.4 Å². The van der Waals surface area contributed by atoms with Crippen molar-refractivity contribution in [3.05, 3.63) is 38.9 Å². The largest absolute Gasteiger partial charge is 0.354 e. The van der Waals surface area contributed by atoms with Crippen molar-refractivity contribution in [3.8, 4) is 0 Å². The monoisotopic (exact) mass is 297 g/mol. The molecule has 0 aliphatic carbocycles. The summed E-state index contributed by atoms with van der Waals surface area (Å²) >= 11 is 5.75. The quantitative estimate of drug-likeness (QED) is 0.647. The fourth-order valence-corrected chi connectivity index (χ4v) is 2.17. The number of carbonyl (C=O) groups is 2. The van der Waals surface area contributed by atoms with Crippen LogP contribution in [-0.2, 0) is 4.79 Å². The highest BCUT2D eigenvalue weighted by molar-refractivity contribution is 6.33. The topological polar surface area (TPSA) is 101 Å². The molecule has 1 saturated heterocycles. The number of nitrogens with one attached hydrogen (secondary N) is 2. The van der Waals surface area contributed by atoms with Crippen LogP contribution in [0.4, 0.5) is 5.69 Å². The first kappa shape index (κ1) is 14.3. The standard InChI is InChI=1S/C12H12ClN3O4/c13-9-5-7(1-3-10(9)16(19)20)12(18)15-8-2-4-11(17)14-6-8/h1,3,5,8H,2,4,6H2,(H,14,17)(H,15,18). The number of carbonyl (C=O) groups excluding carboxylic acids is 2. The fourth-order valence-electron chi connectivity index (χ4n) is 1.92. The van der Waals surface area contributed by atoms with Crippen LogP contribution < -0.4 is 10.6 Å². The van der Waals surface area contributed by atoms with E-state index < -0.39 is 4.92 Å². The molecule has 1 unspecified atom stereocenters. The van der Waals surface area contributed by atoms with Crippen LogP contribution >= 0.6 is 11.6 Å². The van der Waals surface area contributed by atoms with Crippen LogP contribution in [0.25, 0.3) is 0 Å². The highest BCUT2D eigenvalue weighted by atomic mass is 35.5. The molecule has 0 bridgehead atoms. The van der Waals surface area contributed by atoms with Crippen LogP contribution in [-0.4, -0.2) is 29.3 Å². The predicted molar refractivity (Wildman–Crippen MR) is 71.6 cm³/mol. The third-order valence-electron chi connectivity index (χ3n) is 3.01. The smallest absolute Gasteiger partial charge is 0.287 e. The summed E-state index contributed by atoms with van der Waals surface area (Å²) in [4.78, 5) is 33.0. The second-order valence-electron chi connectivity index (χ2n) is 4.44. The molecule has 1 aromatic rings. The Labute approximate surface area is 119 Å². The van der Waals surface area contributed by atoms with Crippen LogP contribution in [0.3, 0.4) is 0 Å². The Hall–Kier alpha value is -2.15. The maximum absolute atomic E-state index is 12.0. The zero-order valence-electron chi connectivity index (χ0n) is 10.4. The molecule has 7 nitrogen and oxygen atoms in total. The number of nitro benzene ring substituents is 1. The van der Waals surface area contributed by atoms with Crippen molar-refractivity contribution >= 4 is 29.1 Å². The number of rotatable bonds is 3. The average Bonchev–Trinajstić information content (AvgIpc) is 2.40. The number of halogens is 1. The van der Waals surface area contributed by atoms with Crippen LogP contribution in [0.15, 0.2) is 18.2 Å². The fraction of sp³-hybridized carbons (Fsp3) is 0.333. The first-order valence-electron chi connectivity index (χ1n) is 5.99. The van der Waals surface area contributed by atoms with Crippen molar-refractivity contribution in [2.75, 3.05) is 6.54 Å². The third-order valence-corrected chi connectivity index (χ3v) is 3.31. The lowest BCUT2D eigenvalue weighted by Gasteiger charge is -2.23. The van der Waals surface area contributed by atoms with Gasteiger partial charge in [-0.1, -0.05) is 11.6 Å². The van der Waals surface area contributed by atoms with Crippen LogP contribution in [0.5, 0.6) is 0 Å². The lowest BCUT2D eigenvalue weighted by Crippen LogP contribution is -2.47. The average molecular weight is 298 g/mol. The SMILES string of the molecule is O=C1CCC(NC(=O)c2ccc([N+](=O)[O-])c(Cl)c2)CN1. The summed E-state index contributed by atoms with van der Waals surface area (Å²) < 4.78 is 0. The molecule has 0 radical (unpaired) electrons. The molecule has 106 valence electrons. The van der Waals surface area contributed by atoms with E-state index in [0.717, 1.165) is 0 Å². The van der Waals surface area contributed by atoms with Gasteiger partial charge in [-0.15, -0.1) is 0 Å². The number of hydrogen-bond donors (Lipinski definition) is 2. The molecule has 2 N–H and O–H groups in total. The summed E-state index contributed by atoms with van der Waals surface area (Å²) in [5, 5.41) is 16.0. The minimum absolute atomic E-state index is 0.0334. The zero-order valence-corrected chi connectivity index (χ0v) is 11.1. The Morgan fingerprint density at radius 3 is 2.80 bits per heavy atom. The number of amides is 2. The van der Waals surface area contributed by atoms with E-state index in [1.54, 1.807) is 0 Å². The molecule has 20 heavy (non-hydrogen) atoms. The lowest BCUT2D eigenvalue weighted by atomic mass is 10.1. The number of nitrogens with zero attached hydrogens (tertiary/aromatic N) is 1. The second kappa shape index (κ2) is 5.87. The van der Waals surface area contributed by atoms with E-state index in [9.17, 15) is 19.7 Å². The van der Waals surface area contributed by atoms with Crippen molar-refractivity contribution in [2.45, 2.75) is 18.9 Å². The third kappa shape index (κ3) is 3.24. The van der Waals surface area contributed by atoms with E-state index in [4.69, 9.17) is 11.6 Å². The summed E-state index contributed by atoms with van der Waals surface area (Å²) in [6.45, 7) is 0.380. The minimum Gasteiger partial charge on any atom is -0.354 e. The molecule has 1 aromatic carbocycles. The molecule has 1 aliphatic rings. The van der Waals surface area contributed by atoms with Crippen LogP contribution in [0, 0.1) is 10.1 Å². The van der Waals surface area contributed by atoms with Gasteiger partial charge in [0.1, 0.15) is 5.02 Å². The van der Waals surface area contributed by atoms with Crippen molar-refractivity contribution in [3.63, 3.8) is 0 Å². The lowest BCUT2D eigenvalue weighted by molar-refractivity contribution is -0.384. The van der Waals surface area contributed by atoms with Gasteiger partial charge < -0.3 is 10.6 Å². The number of nitro groups is 1. The van der Waals surface area contributed by atoms with Gasteiger partial charge in [-0.25, -0.2) is 0 Å². The van der Waals surface area contributed by atoms with Gasteiger partial charge in [0.2, 0.25) is 5.91 Å². The molecule has 1 fully saturated rings. The molecular formula is C12H12ClN3O4. The van der Waals surface area contributed by atoms with Gasteiger partial charge >= 0.3 is 0 Å². The molecule has 2 amide bonds. The highest BCUT2D eigenvalue weighted by Crippen LogP contribution is 2.25. The van der Waals surface area contributed by atoms with Crippen molar-refractivity contribution in [2.24, 2.45) is 0 Å². The highest BCUT2D eigenvalue weighted by Gasteiger charge is 2.21. The Balaban J connectivity index is 2.04. The van der Waals surface area contributed by atoms with E-state index in [-0.39, 0.29) is 34.1 Å². The van der Waals surface area contributed by atoms with Gasteiger partial charge in [-0.05, 0) is 18.6 Å². The maximum atomic E-state index is 12.0. The van der Waals surface area contributed by atoms with Crippen LogP contribution in [0.1, 0.15) is 23.2 Å². The number of piperidine rings is 1. The molecule has 0 spiro atoms. The predicted octanol–water partition coefficient (Wildman–Crippen LogP) is 1.26. The van der Waals surface area contributed by atoms with E-state index >= 15 is 0 Å². The molecule has 8 heteroatoms. The van der Waals surface area contributed by atoms with Gasteiger partial charge in [0, 0.05) is 30.6 Å². The molecule has 1 atom stereocenters. The Kier molecular flexibility index (Phi) is 4.19. The van der Waals surface area contributed by atoms with Gasteiger partial charge in [-0.2, -0.15) is 0 Å². The van der Waals surface area contributed by atoms with Crippen LogP contribution in [0.2, 0.25) is 5.02 Å². The summed E-state index contributed by atoms with van der Waals surface area (Å²) in [6.07, 6.45) is 0.935. The van der Waals surface area contributed by atoms with Crippen molar-refractivity contribution < 1.29 is 14.5 Å². The van der Waals surface area contributed by atoms with Gasteiger partial charge in [0.05, 0.1) is 4.92 Å².